The van der Waals surface area contributed by atoms with Gasteiger partial charge in [0.2, 0.25) is 0 Å². The van der Waals surface area contributed by atoms with Crippen LogP contribution in [0.4, 0.5) is 0 Å². The molecular formula is C26H26O3. The summed E-state index contributed by atoms with van der Waals surface area (Å²) in [6.07, 6.45) is 4.15. The van der Waals surface area contributed by atoms with Crippen LogP contribution in [-0.4, -0.2) is 18.4 Å². The third-order valence-electron chi connectivity index (χ3n) is 4.88. The van der Waals surface area contributed by atoms with Crippen LogP contribution in [0, 0.1) is 0 Å². The highest BCUT2D eigenvalue weighted by Crippen LogP contribution is 2.22. The van der Waals surface area contributed by atoms with Gasteiger partial charge in [0, 0.05) is 11.1 Å². The van der Waals surface area contributed by atoms with E-state index in [0.717, 1.165) is 36.8 Å². The van der Waals surface area contributed by atoms with Gasteiger partial charge in [-0.15, -0.1) is 0 Å². The Kier molecular flexibility index (Phi) is 7.34. The van der Waals surface area contributed by atoms with Crippen LogP contribution in [-0.2, 0) is 4.74 Å². The molecule has 0 radical (unpaired) electrons. The van der Waals surface area contributed by atoms with Crippen LogP contribution in [0.1, 0.15) is 58.9 Å². The monoisotopic (exact) mass is 386 g/mol. The smallest absolute Gasteiger partial charge is 0.338 e. The van der Waals surface area contributed by atoms with Crippen LogP contribution < -0.4 is 0 Å². The van der Waals surface area contributed by atoms with E-state index in [-0.39, 0.29) is 5.78 Å². The lowest BCUT2D eigenvalue weighted by atomic mass is 9.96. The molecule has 0 saturated carbocycles. The first kappa shape index (κ1) is 20.5. The molecule has 0 bridgehead atoms. The fraction of sp³-hybridized carbons (Fsp3) is 0.231. The van der Waals surface area contributed by atoms with E-state index in [9.17, 15) is 9.59 Å². The van der Waals surface area contributed by atoms with E-state index in [1.807, 2.05) is 42.5 Å². The van der Waals surface area contributed by atoms with Gasteiger partial charge in [0.05, 0.1) is 12.2 Å². The quantitative estimate of drug-likeness (QED) is 0.245. The van der Waals surface area contributed by atoms with Gasteiger partial charge in [0.1, 0.15) is 0 Å². The molecule has 0 saturated heterocycles. The van der Waals surface area contributed by atoms with Crippen LogP contribution in [0.3, 0.4) is 0 Å². The Labute approximate surface area is 172 Å². The van der Waals surface area contributed by atoms with E-state index in [4.69, 9.17) is 4.74 Å². The van der Waals surface area contributed by atoms with E-state index in [1.165, 1.54) is 0 Å². The molecule has 0 aliphatic heterocycles. The minimum Gasteiger partial charge on any atom is -0.462 e. The molecule has 3 aromatic rings. The predicted molar refractivity (Wildman–Crippen MR) is 116 cm³/mol. The van der Waals surface area contributed by atoms with E-state index in [0.29, 0.717) is 23.3 Å². The average Bonchev–Trinajstić information content (AvgIpc) is 2.79. The molecular weight excluding hydrogens is 360 g/mol. The zero-order valence-corrected chi connectivity index (χ0v) is 16.8. The molecule has 0 unspecified atom stereocenters. The minimum atomic E-state index is -0.439. The van der Waals surface area contributed by atoms with Crippen molar-refractivity contribution in [3.05, 3.63) is 95.6 Å². The van der Waals surface area contributed by atoms with Crippen molar-refractivity contribution in [1.29, 1.82) is 0 Å². The number of hydrogen-bond donors (Lipinski definition) is 0. The molecule has 148 valence electrons. The number of benzene rings is 3. The third-order valence-corrected chi connectivity index (χ3v) is 4.88. The summed E-state index contributed by atoms with van der Waals surface area (Å²) >= 11 is 0. The van der Waals surface area contributed by atoms with Gasteiger partial charge in [-0.05, 0) is 23.6 Å². The summed E-state index contributed by atoms with van der Waals surface area (Å²) < 4.78 is 5.39. The summed E-state index contributed by atoms with van der Waals surface area (Å²) in [5.74, 6) is -0.616. The van der Waals surface area contributed by atoms with Gasteiger partial charge in [0.15, 0.2) is 5.78 Å². The molecule has 0 fully saturated rings. The van der Waals surface area contributed by atoms with E-state index >= 15 is 0 Å². The number of ether oxygens (including phenoxy) is 1. The third kappa shape index (κ3) is 5.41. The van der Waals surface area contributed by atoms with Crippen molar-refractivity contribution in [3.63, 3.8) is 0 Å². The average molecular weight is 386 g/mol. The van der Waals surface area contributed by atoms with Gasteiger partial charge in [-0.3, -0.25) is 4.79 Å². The number of unbranched alkanes of at least 4 members (excludes halogenated alkanes) is 3. The fourth-order valence-corrected chi connectivity index (χ4v) is 3.23. The summed E-state index contributed by atoms with van der Waals surface area (Å²) in [5, 5.41) is 0. The number of hydrogen-bond acceptors (Lipinski definition) is 3. The molecule has 0 N–H and O–H groups in total. The number of carbonyl (C=O) groups is 2. The number of rotatable bonds is 9. The first-order valence-electron chi connectivity index (χ1n) is 10.2. The van der Waals surface area contributed by atoms with Crippen molar-refractivity contribution in [2.75, 3.05) is 6.61 Å². The molecule has 0 aromatic heterocycles. The Hall–Kier alpha value is -3.20. The Morgan fingerprint density at radius 1 is 0.690 bits per heavy atom. The molecule has 3 nitrogen and oxygen atoms in total. The second-order valence-electron chi connectivity index (χ2n) is 7.01. The summed E-state index contributed by atoms with van der Waals surface area (Å²) in [6.45, 7) is 2.52. The van der Waals surface area contributed by atoms with Crippen LogP contribution in [0.15, 0.2) is 78.9 Å². The van der Waals surface area contributed by atoms with Crippen molar-refractivity contribution in [2.24, 2.45) is 0 Å². The van der Waals surface area contributed by atoms with Gasteiger partial charge in [-0.2, -0.15) is 0 Å². The van der Waals surface area contributed by atoms with Crippen molar-refractivity contribution in [1.82, 2.24) is 0 Å². The Balaban J connectivity index is 1.73. The first-order chi connectivity index (χ1) is 14.2. The highest BCUT2D eigenvalue weighted by molar-refractivity contribution is 6.14. The van der Waals surface area contributed by atoms with Gasteiger partial charge in [0.25, 0.3) is 0 Å². The lowest BCUT2D eigenvalue weighted by Crippen LogP contribution is -2.13. The standard InChI is InChI=1S/C26H26O3/c1-2-3-4-10-19-29-26(28)24-14-9-8-13-23(24)25(27)22-17-15-21(16-18-22)20-11-6-5-7-12-20/h5-9,11-18H,2-4,10,19H2,1H3. The Morgan fingerprint density at radius 3 is 2.00 bits per heavy atom. The summed E-state index contributed by atoms with van der Waals surface area (Å²) in [5.41, 5.74) is 3.38. The number of carbonyl (C=O) groups excluding carboxylic acids is 2. The lowest BCUT2D eigenvalue weighted by Gasteiger charge is -2.10. The second kappa shape index (κ2) is 10.4. The van der Waals surface area contributed by atoms with Crippen molar-refractivity contribution in [3.8, 4) is 11.1 Å². The SMILES string of the molecule is CCCCCCOC(=O)c1ccccc1C(=O)c1ccc(-c2ccccc2)cc1. The Morgan fingerprint density at radius 2 is 1.31 bits per heavy atom. The molecule has 0 atom stereocenters. The minimum absolute atomic E-state index is 0.178. The summed E-state index contributed by atoms with van der Waals surface area (Å²) in [7, 11) is 0. The zero-order valence-electron chi connectivity index (χ0n) is 16.8. The van der Waals surface area contributed by atoms with Crippen LogP contribution in [0.2, 0.25) is 0 Å². The van der Waals surface area contributed by atoms with Crippen molar-refractivity contribution >= 4 is 11.8 Å². The highest BCUT2D eigenvalue weighted by Gasteiger charge is 2.19. The number of esters is 1. The van der Waals surface area contributed by atoms with E-state index in [2.05, 4.69) is 6.92 Å². The normalized spacial score (nSPS) is 10.5. The Bertz CT molecular complexity index is 943. The molecule has 0 aliphatic carbocycles. The van der Waals surface area contributed by atoms with Gasteiger partial charge in [-0.1, -0.05) is 99.0 Å². The van der Waals surface area contributed by atoms with Gasteiger partial charge >= 0.3 is 5.97 Å². The molecule has 0 amide bonds. The lowest BCUT2D eigenvalue weighted by molar-refractivity contribution is 0.0495. The second-order valence-corrected chi connectivity index (χ2v) is 7.01. The van der Waals surface area contributed by atoms with Crippen molar-refractivity contribution < 1.29 is 14.3 Å². The largest absolute Gasteiger partial charge is 0.462 e. The maximum absolute atomic E-state index is 13.0. The molecule has 29 heavy (non-hydrogen) atoms. The molecule has 3 aromatic carbocycles. The molecule has 0 aliphatic rings. The van der Waals surface area contributed by atoms with Crippen LogP contribution in [0.5, 0.6) is 0 Å². The maximum Gasteiger partial charge on any atom is 0.338 e. The van der Waals surface area contributed by atoms with E-state index in [1.54, 1.807) is 36.4 Å². The number of ketones is 1. The predicted octanol–water partition coefficient (Wildman–Crippen LogP) is 6.32. The summed E-state index contributed by atoms with van der Waals surface area (Å²) in [6, 6.07) is 24.3. The van der Waals surface area contributed by atoms with Gasteiger partial charge < -0.3 is 4.74 Å². The topological polar surface area (TPSA) is 43.4 Å². The molecule has 3 heteroatoms. The van der Waals surface area contributed by atoms with Gasteiger partial charge in [-0.25, -0.2) is 4.79 Å². The zero-order chi connectivity index (χ0) is 20.5. The van der Waals surface area contributed by atoms with Crippen LogP contribution in [0.25, 0.3) is 11.1 Å². The van der Waals surface area contributed by atoms with Crippen LogP contribution >= 0.6 is 0 Å². The van der Waals surface area contributed by atoms with Crippen molar-refractivity contribution in [2.45, 2.75) is 32.6 Å². The molecule has 3 rings (SSSR count). The first-order valence-corrected chi connectivity index (χ1v) is 10.2. The molecule has 0 spiro atoms. The highest BCUT2D eigenvalue weighted by atomic mass is 16.5. The molecule has 0 heterocycles. The maximum atomic E-state index is 13.0. The van der Waals surface area contributed by atoms with E-state index < -0.39 is 5.97 Å². The summed E-state index contributed by atoms with van der Waals surface area (Å²) in [4.78, 5) is 25.5. The fourth-order valence-electron chi connectivity index (χ4n) is 3.23.